The van der Waals surface area contributed by atoms with Crippen molar-refractivity contribution in [3.05, 3.63) is 136 Å². The summed E-state index contributed by atoms with van der Waals surface area (Å²) >= 11 is 0. The quantitative estimate of drug-likeness (QED) is 0.213. The van der Waals surface area contributed by atoms with Crippen LogP contribution in [0.5, 0.6) is 5.75 Å². The fourth-order valence-corrected chi connectivity index (χ4v) is 5.62. The lowest BCUT2D eigenvalue weighted by atomic mass is 9.80. The van der Waals surface area contributed by atoms with Gasteiger partial charge in [0.2, 0.25) is 0 Å². The molecule has 0 saturated heterocycles. The molecule has 0 spiro atoms. The van der Waals surface area contributed by atoms with Crippen molar-refractivity contribution in [3.8, 4) is 5.75 Å². The van der Waals surface area contributed by atoms with Crippen LogP contribution in [0, 0.1) is 5.82 Å². The molecule has 1 heterocycles. The number of carboxylic acid groups (broad SMARTS) is 1. The van der Waals surface area contributed by atoms with Gasteiger partial charge in [-0.1, -0.05) is 78.9 Å². The van der Waals surface area contributed by atoms with Gasteiger partial charge in [-0.05, 0) is 40.5 Å². The molecule has 0 saturated carbocycles. The van der Waals surface area contributed by atoms with Crippen LogP contribution in [-0.2, 0) is 23.9 Å². The summed E-state index contributed by atoms with van der Waals surface area (Å²) < 4.78 is 61.6. The van der Waals surface area contributed by atoms with Crippen molar-refractivity contribution in [1.82, 2.24) is 4.90 Å². The van der Waals surface area contributed by atoms with Gasteiger partial charge in [0.25, 0.3) is 0 Å². The average molecular weight is 564 g/mol. The van der Waals surface area contributed by atoms with Crippen molar-refractivity contribution >= 4 is 5.97 Å². The van der Waals surface area contributed by atoms with Gasteiger partial charge in [0, 0.05) is 37.0 Å². The minimum absolute atomic E-state index is 0.00775. The fourth-order valence-electron chi connectivity index (χ4n) is 5.62. The second kappa shape index (κ2) is 12.1. The van der Waals surface area contributed by atoms with E-state index >= 15 is 4.39 Å². The number of hydrogen-bond donors (Lipinski definition) is 1. The number of aliphatic carboxylic acids is 1. The molecule has 2 unspecified atom stereocenters. The van der Waals surface area contributed by atoms with Crippen LogP contribution >= 0.6 is 0 Å². The first-order valence-electron chi connectivity index (χ1n) is 13.4. The second-order valence-electron chi connectivity index (χ2n) is 10.2. The Morgan fingerprint density at radius 3 is 2.34 bits per heavy atom. The molecule has 0 bridgehead atoms. The molecule has 5 rings (SSSR count). The van der Waals surface area contributed by atoms with Crippen LogP contribution in [0.15, 0.2) is 97.1 Å². The Kier molecular flexibility index (Phi) is 8.40. The lowest BCUT2D eigenvalue weighted by Gasteiger charge is -2.42. The van der Waals surface area contributed by atoms with E-state index in [2.05, 4.69) is 6.07 Å². The predicted molar refractivity (Wildman–Crippen MR) is 147 cm³/mol. The van der Waals surface area contributed by atoms with Crippen molar-refractivity contribution in [3.63, 3.8) is 0 Å². The smallest absolute Gasteiger partial charge is 0.419 e. The summed E-state index contributed by atoms with van der Waals surface area (Å²) in [7, 11) is 0. The van der Waals surface area contributed by atoms with Gasteiger partial charge in [-0.15, -0.1) is 0 Å². The summed E-state index contributed by atoms with van der Waals surface area (Å²) in [5.74, 6) is -1.71. The van der Waals surface area contributed by atoms with Crippen LogP contribution in [-0.4, -0.2) is 29.1 Å². The van der Waals surface area contributed by atoms with E-state index in [1.54, 1.807) is 24.3 Å². The number of ether oxygens (including phenoxy) is 1. The van der Waals surface area contributed by atoms with Crippen LogP contribution in [0.4, 0.5) is 17.6 Å². The summed E-state index contributed by atoms with van der Waals surface area (Å²) in [6, 6.07) is 27.9. The summed E-state index contributed by atoms with van der Waals surface area (Å²) in [5, 5.41) is 9.10. The van der Waals surface area contributed by atoms with E-state index < -0.39 is 23.5 Å². The van der Waals surface area contributed by atoms with Gasteiger partial charge in [-0.2, -0.15) is 13.2 Å². The third-order valence-electron chi connectivity index (χ3n) is 7.46. The molecule has 41 heavy (non-hydrogen) atoms. The molecule has 0 aromatic heterocycles. The molecule has 0 amide bonds. The van der Waals surface area contributed by atoms with E-state index in [9.17, 15) is 18.0 Å². The lowest BCUT2D eigenvalue weighted by Crippen LogP contribution is -2.39. The highest BCUT2D eigenvalue weighted by Gasteiger charge is 2.37. The summed E-state index contributed by atoms with van der Waals surface area (Å²) in [4.78, 5) is 13.1. The average Bonchev–Trinajstić information content (AvgIpc) is 2.94. The van der Waals surface area contributed by atoms with Crippen molar-refractivity contribution in [2.75, 3.05) is 13.2 Å². The van der Waals surface area contributed by atoms with Crippen molar-refractivity contribution < 1.29 is 32.2 Å². The monoisotopic (exact) mass is 563 g/mol. The molecular weight excluding hydrogens is 534 g/mol. The zero-order valence-electron chi connectivity index (χ0n) is 22.2. The number of nitrogens with zero attached hydrogens (tertiary/aromatic N) is 1. The molecule has 2 atom stereocenters. The Morgan fingerprint density at radius 1 is 0.902 bits per heavy atom. The van der Waals surface area contributed by atoms with Crippen molar-refractivity contribution in [1.29, 1.82) is 0 Å². The van der Waals surface area contributed by atoms with Gasteiger partial charge in [-0.3, -0.25) is 9.69 Å². The predicted octanol–water partition coefficient (Wildman–Crippen LogP) is 7.63. The summed E-state index contributed by atoms with van der Waals surface area (Å²) in [5.41, 5.74) is 2.53. The molecule has 1 aliphatic rings. The highest BCUT2D eigenvalue weighted by atomic mass is 19.4. The molecule has 4 nitrogen and oxygen atoms in total. The number of hydrogen-bond acceptors (Lipinski definition) is 3. The highest BCUT2D eigenvalue weighted by Crippen LogP contribution is 2.42. The van der Waals surface area contributed by atoms with Crippen LogP contribution in [0.25, 0.3) is 0 Å². The number of benzene rings is 4. The maximum Gasteiger partial charge on any atom is 0.419 e. The van der Waals surface area contributed by atoms with Gasteiger partial charge in [0.05, 0.1) is 18.6 Å². The maximum atomic E-state index is 15.2. The van der Waals surface area contributed by atoms with E-state index in [1.165, 1.54) is 12.1 Å². The zero-order chi connectivity index (χ0) is 29.0. The number of carbonyl (C=O) groups is 1. The molecule has 4 aromatic carbocycles. The first-order valence-corrected chi connectivity index (χ1v) is 13.4. The minimum atomic E-state index is -4.79. The normalized spacial score (nSPS) is 17.2. The third-order valence-corrected chi connectivity index (χ3v) is 7.46. The number of rotatable bonds is 9. The maximum absolute atomic E-state index is 15.2. The molecule has 1 N–H and O–H groups in total. The number of alkyl halides is 3. The number of halogens is 4. The van der Waals surface area contributed by atoms with Gasteiger partial charge < -0.3 is 9.84 Å². The Labute approximate surface area is 235 Å². The molecule has 0 aliphatic carbocycles. The van der Waals surface area contributed by atoms with Crippen LogP contribution in [0.1, 0.15) is 51.8 Å². The topological polar surface area (TPSA) is 49.8 Å². The van der Waals surface area contributed by atoms with Crippen molar-refractivity contribution in [2.45, 2.75) is 37.5 Å². The summed E-state index contributed by atoms with van der Waals surface area (Å²) in [6.07, 6.45) is -4.42. The Balaban J connectivity index is 1.46. The molecule has 0 fully saturated rings. The van der Waals surface area contributed by atoms with Gasteiger partial charge >= 0.3 is 12.1 Å². The zero-order valence-corrected chi connectivity index (χ0v) is 22.2. The van der Waals surface area contributed by atoms with E-state index in [0.717, 1.165) is 22.8 Å². The third kappa shape index (κ3) is 6.60. The first kappa shape index (κ1) is 28.4. The molecule has 1 aliphatic heterocycles. The molecular formula is C33H29F4NO3. The van der Waals surface area contributed by atoms with E-state index in [-0.39, 0.29) is 37.1 Å². The van der Waals surface area contributed by atoms with Gasteiger partial charge in [-0.25, -0.2) is 4.39 Å². The largest absolute Gasteiger partial charge is 0.494 e. The standard InChI is InChI=1S/C33H29F4NO3/c34-32-24(11-7-15-29(32)33(35,36)37)20-38-21-28(23-9-2-1-3-10-23)26-13-4-5-14-27(26)30(38)16-17-41-25-12-6-8-22(18-25)19-31(39)40/h1-15,18,28,30H,16-17,19-21H2,(H,39,40). The number of fused-ring (bicyclic) bond motifs is 1. The molecule has 0 radical (unpaired) electrons. The Bertz CT molecular complexity index is 1510. The SMILES string of the molecule is O=C(O)Cc1cccc(OCCC2c3ccccc3C(c3ccccc3)CN2Cc2cccc(C(F)(F)F)c2F)c1. The Hall–Kier alpha value is -4.17. The van der Waals surface area contributed by atoms with Crippen molar-refractivity contribution in [2.24, 2.45) is 0 Å². The number of carboxylic acids is 1. The molecule has 8 heteroatoms. The second-order valence-corrected chi connectivity index (χ2v) is 10.2. The van der Waals surface area contributed by atoms with Gasteiger partial charge in [0.1, 0.15) is 11.6 Å². The molecule has 4 aromatic rings. The lowest BCUT2D eigenvalue weighted by molar-refractivity contribution is -0.140. The van der Waals surface area contributed by atoms with E-state index in [0.29, 0.717) is 24.3 Å². The van der Waals surface area contributed by atoms with Crippen LogP contribution in [0.2, 0.25) is 0 Å². The highest BCUT2D eigenvalue weighted by molar-refractivity contribution is 5.70. The fraction of sp³-hybridized carbons (Fsp3) is 0.242. The molecule has 212 valence electrons. The van der Waals surface area contributed by atoms with Gasteiger partial charge in [0.15, 0.2) is 0 Å². The first-order chi connectivity index (χ1) is 19.7. The summed E-state index contributed by atoms with van der Waals surface area (Å²) in [6.45, 7) is 0.745. The van der Waals surface area contributed by atoms with E-state index in [4.69, 9.17) is 9.84 Å². The van der Waals surface area contributed by atoms with Crippen LogP contribution in [0.3, 0.4) is 0 Å². The van der Waals surface area contributed by atoms with Crippen LogP contribution < -0.4 is 4.74 Å². The minimum Gasteiger partial charge on any atom is -0.494 e. The van der Waals surface area contributed by atoms with E-state index in [1.807, 2.05) is 53.4 Å². The Morgan fingerprint density at radius 2 is 1.61 bits per heavy atom.